The van der Waals surface area contributed by atoms with Gasteiger partial charge in [-0.2, -0.15) is 0 Å². The maximum atomic E-state index is 13.4. The van der Waals surface area contributed by atoms with Gasteiger partial charge < -0.3 is 4.57 Å². The van der Waals surface area contributed by atoms with Gasteiger partial charge in [-0.1, -0.05) is 58.1 Å². The maximum absolute atomic E-state index is 13.4. The van der Waals surface area contributed by atoms with Crippen LogP contribution in [0.4, 0.5) is 0 Å². The van der Waals surface area contributed by atoms with Gasteiger partial charge >= 0.3 is 0 Å². The Balaban J connectivity index is 1.73. The Hall–Kier alpha value is -1.20. The molecule has 1 aliphatic rings. The van der Waals surface area contributed by atoms with Crippen molar-refractivity contribution in [3.63, 3.8) is 0 Å². The molecular weight excluding hydrogens is 372 g/mol. The number of imidazole rings is 1. The molecule has 0 bridgehead atoms. The summed E-state index contributed by atoms with van der Waals surface area (Å²) in [7, 11) is 1.91. The number of hydrogen-bond acceptors (Lipinski definition) is 4. The van der Waals surface area contributed by atoms with E-state index in [4.69, 9.17) is 0 Å². The molecule has 0 radical (unpaired) electrons. The lowest BCUT2D eigenvalue weighted by atomic mass is 9.86. The zero-order chi connectivity index (χ0) is 19.2. The Morgan fingerprint density at radius 3 is 2.41 bits per heavy atom. The lowest BCUT2D eigenvalue weighted by Gasteiger charge is -2.27. The molecule has 0 saturated heterocycles. The van der Waals surface area contributed by atoms with Gasteiger partial charge in [-0.25, -0.2) is 4.98 Å². The summed E-state index contributed by atoms with van der Waals surface area (Å²) in [5, 5.41) is 0. The van der Waals surface area contributed by atoms with E-state index < -0.39 is 0 Å². The molecule has 3 rings (SSSR count). The number of aromatic nitrogens is 2. The van der Waals surface area contributed by atoms with Gasteiger partial charge in [0.25, 0.3) is 0 Å². The van der Waals surface area contributed by atoms with E-state index in [2.05, 4.69) is 43.1 Å². The van der Waals surface area contributed by atoms with Gasteiger partial charge in [0.05, 0.1) is 4.58 Å². The summed E-state index contributed by atoms with van der Waals surface area (Å²) >= 11 is 3.71. The fourth-order valence-corrected chi connectivity index (χ4v) is 7.08. The third-order valence-corrected chi connectivity index (χ3v) is 8.33. The van der Waals surface area contributed by atoms with Crippen LogP contribution in [0.15, 0.2) is 46.5 Å². The van der Waals surface area contributed by atoms with Crippen LogP contribution in [0.25, 0.3) is 0 Å². The van der Waals surface area contributed by atoms with Crippen LogP contribution in [0.1, 0.15) is 63.0 Å². The minimum absolute atomic E-state index is 0.0142. The van der Waals surface area contributed by atoms with Crippen molar-refractivity contribution in [1.82, 2.24) is 9.55 Å². The number of fused-ring (bicyclic) bond motifs is 1. The molecule has 146 valence electrons. The Bertz CT molecular complexity index is 733. The summed E-state index contributed by atoms with van der Waals surface area (Å²) < 4.78 is 2.10. The molecule has 1 aromatic carbocycles. The van der Waals surface area contributed by atoms with Crippen LogP contribution < -0.4 is 0 Å². The van der Waals surface area contributed by atoms with Crippen LogP contribution >= 0.6 is 23.5 Å². The number of unbranched alkanes of at least 4 members (excludes halogenated alkanes) is 4. The van der Waals surface area contributed by atoms with Gasteiger partial charge in [0, 0.05) is 35.2 Å². The number of Topliss-reactive ketones (excluding diaryl/α,β-unsaturated/α-hetero) is 1. The zero-order valence-corrected chi connectivity index (χ0v) is 18.2. The molecule has 0 aliphatic carbocycles. The third kappa shape index (κ3) is 5.00. The van der Waals surface area contributed by atoms with Crippen molar-refractivity contribution in [3.05, 3.63) is 42.5 Å². The highest BCUT2D eigenvalue weighted by molar-refractivity contribution is 8.19. The van der Waals surface area contributed by atoms with Gasteiger partial charge in [-0.15, -0.1) is 23.5 Å². The van der Waals surface area contributed by atoms with E-state index in [1.807, 2.05) is 41.3 Å². The second kappa shape index (κ2) is 9.83. The first-order valence-electron chi connectivity index (χ1n) is 10.1. The van der Waals surface area contributed by atoms with Crippen LogP contribution in [0.5, 0.6) is 0 Å². The zero-order valence-electron chi connectivity index (χ0n) is 16.6. The lowest BCUT2D eigenvalue weighted by molar-refractivity contribution is 0.0872. The highest BCUT2D eigenvalue weighted by Crippen LogP contribution is 2.52. The predicted octanol–water partition coefficient (Wildman–Crippen LogP) is 6.44. The molecule has 1 aromatic heterocycles. The Morgan fingerprint density at radius 2 is 1.81 bits per heavy atom. The van der Waals surface area contributed by atoms with E-state index in [-0.39, 0.29) is 16.3 Å². The van der Waals surface area contributed by atoms with Gasteiger partial charge in [-0.3, -0.25) is 4.79 Å². The Labute approximate surface area is 171 Å². The number of thioether (sulfide) groups is 2. The van der Waals surface area contributed by atoms with Gasteiger partial charge in [0.15, 0.2) is 5.82 Å². The lowest BCUT2D eigenvalue weighted by Crippen LogP contribution is -2.31. The maximum Gasteiger partial charge on any atom is 0.203 e. The Morgan fingerprint density at radius 1 is 1.15 bits per heavy atom. The molecule has 2 heterocycles. The average molecular weight is 403 g/mol. The van der Waals surface area contributed by atoms with Crippen LogP contribution in [0.2, 0.25) is 0 Å². The summed E-state index contributed by atoms with van der Waals surface area (Å²) in [5.74, 6) is 1.13. The largest absolute Gasteiger partial charge is 0.332 e. The van der Waals surface area contributed by atoms with E-state index in [0.717, 1.165) is 6.42 Å². The molecule has 27 heavy (non-hydrogen) atoms. The van der Waals surface area contributed by atoms with Crippen molar-refractivity contribution >= 4 is 29.3 Å². The number of nitrogens with zero attached hydrogens (tertiary/aromatic N) is 2. The summed E-state index contributed by atoms with van der Waals surface area (Å²) in [4.78, 5) is 20.4. The summed E-state index contributed by atoms with van der Waals surface area (Å²) in [6, 6.07) is 8.51. The molecule has 2 aromatic rings. The molecule has 3 nitrogen and oxygen atoms in total. The SMILES string of the molecule is CCCCCCC[C@@H](C)[C@@H](C(=O)c1nccn1C)C1Sc2ccccc2S1. The van der Waals surface area contributed by atoms with Crippen LogP contribution in [0, 0.1) is 11.8 Å². The fourth-order valence-electron chi connectivity index (χ4n) is 3.72. The third-order valence-electron chi connectivity index (χ3n) is 5.35. The normalized spacial score (nSPS) is 16.3. The Kier molecular flexibility index (Phi) is 7.48. The molecule has 2 atom stereocenters. The summed E-state index contributed by atoms with van der Waals surface area (Å²) in [6.07, 6.45) is 11.1. The minimum atomic E-state index is -0.0142. The van der Waals surface area contributed by atoms with Crippen LogP contribution in [0.3, 0.4) is 0 Å². The number of ketones is 1. The summed E-state index contributed by atoms with van der Waals surface area (Å²) in [6.45, 7) is 4.51. The average Bonchev–Trinajstić information content (AvgIpc) is 3.27. The van der Waals surface area contributed by atoms with E-state index in [0.29, 0.717) is 11.7 Å². The fraction of sp³-hybridized carbons (Fsp3) is 0.545. The monoisotopic (exact) mass is 402 g/mol. The second-order valence-electron chi connectivity index (χ2n) is 7.48. The first-order chi connectivity index (χ1) is 13.1. The number of aryl methyl sites for hydroxylation is 1. The first kappa shape index (κ1) is 20.5. The molecule has 0 fully saturated rings. The molecular formula is C22H30N2OS2. The highest BCUT2D eigenvalue weighted by Gasteiger charge is 2.39. The second-order valence-corrected chi connectivity index (χ2v) is 10.1. The number of rotatable bonds is 10. The van der Waals surface area contributed by atoms with Crippen molar-refractivity contribution < 1.29 is 4.79 Å². The number of hydrogen-bond donors (Lipinski definition) is 0. The molecule has 0 amide bonds. The van der Waals surface area contributed by atoms with Crippen molar-refractivity contribution in [2.24, 2.45) is 18.9 Å². The quantitative estimate of drug-likeness (QED) is 0.338. The molecule has 0 spiro atoms. The van der Waals surface area contributed by atoms with Crippen molar-refractivity contribution in [2.45, 2.75) is 66.7 Å². The van der Waals surface area contributed by atoms with E-state index >= 15 is 0 Å². The smallest absolute Gasteiger partial charge is 0.203 e. The molecule has 0 saturated carbocycles. The van der Waals surface area contributed by atoms with Crippen LogP contribution in [-0.2, 0) is 7.05 Å². The van der Waals surface area contributed by atoms with E-state index in [1.165, 1.54) is 41.9 Å². The predicted molar refractivity (Wildman–Crippen MR) is 116 cm³/mol. The van der Waals surface area contributed by atoms with Crippen molar-refractivity contribution in [3.8, 4) is 0 Å². The first-order valence-corrected chi connectivity index (χ1v) is 11.8. The van der Waals surface area contributed by atoms with Gasteiger partial charge in [-0.05, 0) is 24.5 Å². The van der Waals surface area contributed by atoms with Crippen molar-refractivity contribution in [1.29, 1.82) is 0 Å². The number of benzene rings is 1. The highest BCUT2D eigenvalue weighted by atomic mass is 32.2. The number of carbonyl (C=O) groups excluding carboxylic acids is 1. The number of carbonyl (C=O) groups is 1. The summed E-state index contributed by atoms with van der Waals surface area (Å²) in [5.41, 5.74) is 0. The standard InChI is InChI=1S/C22H30N2OS2/c1-4-5-6-7-8-11-16(2)19(20(25)21-23-14-15-24(21)3)22-26-17-12-9-10-13-18(17)27-22/h9-10,12-16,19,22H,4-8,11H2,1-3H3/t16-,19+/m1/s1. The van der Waals surface area contributed by atoms with Gasteiger partial charge in [0.2, 0.25) is 5.78 Å². The van der Waals surface area contributed by atoms with E-state index in [9.17, 15) is 4.79 Å². The van der Waals surface area contributed by atoms with Crippen molar-refractivity contribution in [2.75, 3.05) is 0 Å². The minimum Gasteiger partial charge on any atom is -0.332 e. The van der Waals surface area contributed by atoms with E-state index in [1.54, 1.807) is 6.20 Å². The molecule has 5 heteroatoms. The molecule has 0 N–H and O–H groups in total. The topological polar surface area (TPSA) is 34.9 Å². The van der Waals surface area contributed by atoms with Gasteiger partial charge in [0.1, 0.15) is 0 Å². The van der Waals surface area contributed by atoms with Crippen LogP contribution in [-0.4, -0.2) is 19.9 Å². The molecule has 1 aliphatic heterocycles. The molecule has 0 unspecified atom stereocenters.